The van der Waals surface area contributed by atoms with Crippen LogP contribution in [0.1, 0.15) is 5.56 Å². The molecule has 1 aromatic carbocycles. The maximum absolute atomic E-state index is 11.9. The van der Waals surface area contributed by atoms with Gasteiger partial charge in [0.15, 0.2) is 0 Å². The van der Waals surface area contributed by atoms with Crippen molar-refractivity contribution in [1.29, 1.82) is 0 Å². The van der Waals surface area contributed by atoms with Gasteiger partial charge in [-0.05, 0) is 12.0 Å². The van der Waals surface area contributed by atoms with Crippen LogP contribution in [0.2, 0.25) is 0 Å². The van der Waals surface area contributed by atoms with Crippen molar-refractivity contribution >= 4 is 21.8 Å². The molecule has 0 heterocycles. The molecule has 0 saturated heterocycles. The molecule has 0 bridgehead atoms. The lowest BCUT2D eigenvalue weighted by atomic mass is 10.1. The van der Waals surface area contributed by atoms with E-state index in [2.05, 4.69) is 26.0 Å². The molecule has 112 valence electrons. The number of amides is 1. The summed E-state index contributed by atoms with van der Waals surface area (Å²) in [4.78, 5) is 11.5. The van der Waals surface area contributed by atoms with Crippen LogP contribution in [0.3, 0.4) is 0 Å². The number of ether oxygens (including phenoxy) is 1. The van der Waals surface area contributed by atoms with Crippen molar-refractivity contribution < 1.29 is 22.7 Å². The van der Waals surface area contributed by atoms with Crippen LogP contribution in [0.25, 0.3) is 0 Å². The third-order valence-corrected chi connectivity index (χ3v) is 3.16. The molecular formula is C13H15BrF3NO2. The van der Waals surface area contributed by atoms with Gasteiger partial charge in [-0.2, -0.15) is 13.2 Å². The highest BCUT2D eigenvalue weighted by Crippen LogP contribution is 2.14. The van der Waals surface area contributed by atoms with Crippen molar-refractivity contribution in [3.8, 4) is 0 Å². The average molecular weight is 354 g/mol. The molecule has 20 heavy (non-hydrogen) atoms. The van der Waals surface area contributed by atoms with E-state index >= 15 is 0 Å². The van der Waals surface area contributed by atoms with E-state index in [4.69, 9.17) is 0 Å². The highest BCUT2D eigenvalue weighted by atomic mass is 79.9. The third kappa shape index (κ3) is 7.49. The summed E-state index contributed by atoms with van der Waals surface area (Å²) in [5.74, 6) is -0.561. The number of benzene rings is 1. The largest absolute Gasteiger partial charge is 0.411 e. The fraction of sp³-hybridized carbons (Fsp3) is 0.462. The molecule has 7 heteroatoms. The molecule has 1 N–H and O–H groups in total. The Kier molecular flexibility index (Phi) is 7.01. The standard InChI is InChI=1S/C13H15BrF3NO2/c14-7-11(6-10-4-2-1-3-5-10)18-12(19)8-20-9-13(15,16)17/h1-5,11H,6-9H2,(H,18,19). The zero-order valence-electron chi connectivity index (χ0n) is 10.6. The van der Waals surface area contributed by atoms with Gasteiger partial charge < -0.3 is 10.1 Å². The van der Waals surface area contributed by atoms with E-state index in [-0.39, 0.29) is 6.04 Å². The Balaban J connectivity index is 2.34. The quantitative estimate of drug-likeness (QED) is 0.765. The second-order valence-corrected chi connectivity index (χ2v) is 4.86. The van der Waals surface area contributed by atoms with Gasteiger partial charge >= 0.3 is 6.18 Å². The number of hydrogen-bond acceptors (Lipinski definition) is 2. The first-order chi connectivity index (χ1) is 9.40. The lowest BCUT2D eigenvalue weighted by Gasteiger charge is -2.16. The Bertz CT molecular complexity index is 412. The predicted octanol–water partition coefficient (Wildman–Crippen LogP) is 2.69. The first-order valence-electron chi connectivity index (χ1n) is 5.94. The summed E-state index contributed by atoms with van der Waals surface area (Å²) in [5.41, 5.74) is 1.04. The second-order valence-electron chi connectivity index (χ2n) is 4.22. The fourth-order valence-electron chi connectivity index (χ4n) is 1.57. The normalized spacial score (nSPS) is 13.0. The lowest BCUT2D eigenvalue weighted by Crippen LogP contribution is -2.40. The molecule has 0 aliphatic rings. The van der Waals surface area contributed by atoms with Gasteiger partial charge in [0.05, 0.1) is 0 Å². The third-order valence-electron chi connectivity index (χ3n) is 2.38. The number of hydrogen-bond donors (Lipinski definition) is 1. The van der Waals surface area contributed by atoms with E-state index in [0.717, 1.165) is 5.56 Å². The van der Waals surface area contributed by atoms with E-state index in [9.17, 15) is 18.0 Å². The molecule has 0 aromatic heterocycles. The van der Waals surface area contributed by atoms with Crippen LogP contribution < -0.4 is 5.32 Å². The maximum Gasteiger partial charge on any atom is 0.411 e. The molecule has 1 aromatic rings. The minimum absolute atomic E-state index is 0.195. The van der Waals surface area contributed by atoms with Crippen molar-refractivity contribution in [3.63, 3.8) is 0 Å². The second kappa shape index (κ2) is 8.26. The van der Waals surface area contributed by atoms with Crippen LogP contribution in [0.4, 0.5) is 13.2 Å². The van der Waals surface area contributed by atoms with E-state index in [0.29, 0.717) is 11.8 Å². The Labute approximate surface area is 123 Å². The molecule has 1 rings (SSSR count). The van der Waals surface area contributed by atoms with Gasteiger partial charge in [0, 0.05) is 11.4 Å². The molecule has 1 atom stereocenters. The summed E-state index contributed by atoms with van der Waals surface area (Å²) in [5, 5.41) is 3.13. The average Bonchev–Trinajstić information content (AvgIpc) is 2.37. The summed E-state index contributed by atoms with van der Waals surface area (Å²) in [6.45, 7) is -2.02. The number of rotatable bonds is 7. The molecule has 0 saturated carbocycles. The van der Waals surface area contributed by atoms with Crippen molar-refractivity contribution in [1.82, 2.24) is 5.32 Å². The van der Waals surface area contributed by atoms with Gasteiger partial charge in [-0.3, -0.25) is 4.79 Å². The summed E-state index contributed by atoms with van der Waals surface area (Å²) >= 11 is 3.27. The van der Waals surface area contributed by atoms with Crippen molar-refractivity contribution in [2.75, 3.05) is 18.5 Å². The molecule has 3 nitrogen and oxygen atoms in total. The Morgan fingerprint density at radius 3 is 2.50 bits per heavy atom. The first kappa shape index (κ1) is 17.0. The number of halogens is 4. The summed E-state index contributed by atoms with van der Waals surface area (Å²) in [6, 6.07) is 9.29. The van der Waals surface area contributed by atoms with Crippen LogP contribution in [-0.4, -0.2) is 36.7 Å². The van der Waals surface area contributed by atoms with Gasteiger partial charge in [0.2, 0.25) is 5.91 Å². The highest BCUT2D eigenvalue weighted by molar-refractivity contribution is 9.09. The zero-order chi connectivity index (χ0) is 15.0. The van der Waals surface area contributed by atoms with Gasteiger partial charge in [0.25, 0.3) is 0 Å². The SMILES string of the molecule is O=C(COCC(F)(F)F)NC(CBr)Cc1ccccc1. The van der Waals surface area contributed by atoms with Crippen LogP contribution in [-0.2, 0) is 16.0 Å². The predicted molar refractivity (Wildman–Crippen MR) is 72.7 cm³/mol. The molecule has 0 fully saturated rings. The number of nitrogens with one attached hydrogen (secondary N) is 1. The van der Waals surface area contributed by atoms with E-state index in [1.54, 1.807) is 0 Å². The van der Waals surface area contributed by atoms with Gasteiger partial charge in [-0.15, -0.1) is 0 Å². The lowest BCUT2D eigenvalue weighted by molar-refractivity contribution is -0.175. The van der Waals surface area contributed by atoms with Gasteiger partial charge in [-0.25, -0.2) is 0 Å². The monoisotopic (exact) mass is 353 g/mol. The molecule has 0 aliphatic carbocycles. The van der Waals surface area contributed by atoms with Gasteiger partial charge in [0.1, 0.15) is 13.2 Å². The van der Waals surface area contributed by atoms with Crippen LogP contribution in [0.5, 0.6) is 0 Å². The highest BCUT2D eigenvalue weighted by Gasteiger charge is 2.27. The summed E-state index contributed by atoms with van der Waals surface area (Å²) < 4.78 is 39.9. The van der Waals surface area contributed by atoms with Crippen molar-refractivity contribution in [2.45, 2.75) is 18.6 Å². The maximum atomic E-state index is 11.9. The van der Waals surface area contributed by atoms with E-state index in [1.807, 2.05) is 30.3 Å². The van der Waals surface area contributed by atoms with Crippen molar-refractivity contribution in [3.05, 3.63) is 35.9 Å². The fourth-order valence-corrected chi connectivity index (χ4v) is 1.96. The summed E-state index contributed by atoms with van der Waals surface area (Å²) in [6.07, 6.45) is -3.82. The van der Waals surface area contributed by atoms with Crippen LogP contribution in [0, 0.1) is 0 Å². The Morgan fingerprint density at radius 1 is 1.30 bits per heavy atom. The van der Waals surface area contributed by atoms with Crippen LogP contribution in [0.15, 0.2) is 30.3 Å². The van der Waals surface area contributed by atoms with Crippen molar-refractivity contribution in [2.24, 2.45) is 0 Å². The van der Waals surface area contributed by atoms with E-state index in [1.165, 1.54) is 0 Å². The van der Waals surface area contributed by atoms with Gasteiger partial charge in [-0.1, -0.05) is 46.3 Å². The number of carbonyl (C=O) groups is 1. The van der Waals surface area contributed by atoms with E-state index < -0.39 is 25.3 Å². The molecule has 1 unspecified atom stereocenters. The summed E-state index contributed by atoms with van der Waals surface area (Å²) in [7, 11) is 0. The molecular weight excluding hydrogens is 339 g/mol. The first-order valence-corrected chi connectivity index (χ1v) is 7.06. The minimum Gasteiger partial charge on any atom is -0.362 e. The number of carbonyl (C=O) groups excluding carboxylic acids is 1. The smallest absolute Gasteiger partial charge is 0.362 e. The Hall–Kier alpha value is -1.08. The molecule has 0 aliphatic heterocycles. The molecule has 0 spiro atoms. The molecule has 0 radical (unpaired) electrons. The Morgan fingerprint density at radius 2 is 1.95 bits per heavy atom. The van der Waals surface area contributed by atoms with Crippen LogP contribution >= 0.6 is 15.9 Å². The number of alkyl halides is 4. The molecule has 1 amide bonds. The minimum atomic E-state index is -4.42. The topological polar surface area (TPSA) is 38.3 Å². The zero-order valence-corrected chi connectivity index (χ0v) is 12.2.